The van der Waals surface area contributed by atoms with Crippen LogP contribution in [0.1, 0.15) is 53.4 Å². The summed E-state index contributed by atoms with van der Waals surface area (Å²) in [6.45, 7) is 11.7. The van der Waals surface area contributed by atoms with Gasteiger partial charge in [0, 0.05) is 12.6 Å². The summed E-state index contributed by atoms with van der Waals surface area (Å²) in [5.74, 6) is 0.890. The first-order chi connectivity index (χ1) is 8.49. The van der Waals surface area contributed by atoms with Crippen molar-refractivity contribution in [2.45, 2.75) is 65.0 Å². The molecule has 1 aliphatic heterocycles. The number of hydrogen-bond acceptors (Lipinski definition) is 3. The van der Waals surface area contributed by atoms with Crippen molar-refractivity contribution in [1.29, 1.82) is 5.26 Å². The normalized spacial score (nSPS) is 25.4. The van der Waals surface area contributed by atoms with Crippen LogP contribution in [0.2, 0.25) is 0 Å². The molecule has 2 unspecified atom stereocenters. The molecule has 0 amide bonds. The smallest absolute Gasteiger partial charge is 0.116 e. The van der Waals surface area contributed by atoms with Crippen molar-refractivity contribution in [2.75, 3.05) is 19.6 Å². The number of rotatable bonds is 5. The van der Waals surface area contributed by atoms with Crippen LogP contribution in [0.4, 0.5) is 0 Å². The van der Waals surface area contributed by atoms with Crippen molar-refractivity contribution in [3.05, 3.63) is 0 Å². The van der Waals surface area contributed by atoms with Crippen LogP contribution in [0, 0.1) is 17.2 Å². The van der Waals surface area contributed by atoms with E-state index in [4.69, 9.17) is 0 Å². The Hall–Kier alpha value is -0.590. The lowest BCUT2D eigenvalue weighted by molar-refractivity contribution is 0.217. The molecule has 2 atom stereocenters. The monoisotopic (exact) mass is 251 g/mol. The van der Waals surface area contributed by atoms with Crippen LogP contribution in [0.3, 0.4) is 0 Å². The first-order valence-electron chi connectivity index (χ1n) is 7.40. The van der Waals surface area contributed by atoms with Gasteiger partial charge in [-0.15, -0.1) is 0 Å². The molecule has 0 aromatic heterocycles. The maximum Gasteiger partial charge on any atom is 0.116 e. The van der Waals surface area contributed by atoms with Crippen molar-refractivity contribution in [1.82, 2.24) is 10.2 Å². The van der Waals surface area contributed by atoms with Crippen molar-refractivity contribution < 1.29 is 0 Å². The zero-order chi connectivity index (χ0) is 13.6. The van der Waals surface area contributed by atoms with E-state index in [1.807, 2.05) is 6.92 Å². The van der Waals surface area contributed by atoms with Gasteiger partial charge in [-0.05, 0) is 59.0 Å². The molecule has 1 saturated heterocycles. The second-order valence-corrected chi connectivity index (χ2v) is 6.22. The highest BCUT2D eigenvalue weighted by atomic mass is 15.2. The molecule has 1 aliphatic rings. The Morgan fingerprint density at radius 1 is 1.39 bits per heavy atom. The highest BCUT2D eigenvalue weighted by molar-refractivity contribution is 5.06. The van der Waals surface area contributed by atoms with Gasteiger partial charge in [0.2, 0.25) is 0 Å². The van der Waals surface area contributed by atoms with E-state index in [1.165, 1.54) is 25.7 Å². The van der Waals surface area contributed by atoms with Crippen LogP contribution in [0.5, 0.6) is 0 Å². The van der Waals surface area contributed by atoms with E-state index >= 15 is 0 Å². The van der Waals surface area contributed by atoms with Crippen LogP contribution in [0.25, 0.3) is 0 Å². The van der Waals surface area contributed by atoms with Gasteiger partial charge in [0.15, 0.2) is 0 Å². The van der Waals surface area contributed by atoms with Gasteiger partial charge in [-0.3, -0.25) is 5.32 Å². The van der Waals surface area contributed by atoms with E-state index in [2.05, 4.69) is 37.1 Å². The van der Waals surface area contributed by atoms with Crippen LogP contribution >= 0.6 is 0 Å². The summed E-state index contributed by atoms with van der Waals surface area (Å²) in [5, 5.41) is 12.8. The predicted octanol–water partition coefficient (Wildman–Crippen LogP) is 2.78. The van der Waals surface area contributed by atoms with E-state index in [0.717, 1.165) is 25.6 Å². The molecule has 1 rings (SSSR count). The second-order valence-electron chi connectivity index (χ2n) is 6.22. The number of nitrogens with zero attached hydrogens (tertiary/aromatic N) is 2. The lowest BCUT2D eigenvalue weighted by atomic mass is 9.98. The third-order valence-corrected chi connectivity index (χ3v) is 3.91. The molecule has 0 aromatic rings. The average molecular weight is 251 g/mol. The molecule has 1 fully saturated rings. The topological polar surface area (TPSA) is 39.1 Å². The molecule has 0 aliphatic carbocycles. The first-order valence-corrected chi connectivity index (χ1v) is 7.40. The van der Waals surface area contributed by atoms with Gasteiger partial charge in [-0.25, -0.2) is 0 Å². The molecule has 3 nitrogen and oxygen atoms in total. The summed E-state index contributed by atoms with van der Waals surface area (Å²) in [4.78, 5) is 2.47. The third kappa shape index (κ3) is 4.96. The minimum absolute atomic E-state index is 0.352. The Morgan fingerprint density at radius 3 is 2.67 bits per heavy atom. The van der Waals surface area contributed by atoms with Crippen molar-refractivity contribution in [2.24, 2.45) is 5.92 Å². The lowest BCUT2D eigenvalue weighted by Gasteiger charge is -2.32. The molecule has 0 saturated carbocycles. The number of likely N-dealkylation sites (tertiary alicyclic amines) is 1. The quantitative estimate of drug-likeness (QED) is 0.816. The molecule has 18 heavy (non-hydrogen) atoms. The van der Waals surface area contributed by atoms with Gasteiger partial charge in [-0.1, -0.05) is 13.3 Å². The summed E-state index contributed by atoms with van der Waals surface area (Å²) in [6, 6.07) is 2.80. The third-order valence-electron chi connectivity index (χ3n) is 3.91. The van der Waals surface area contributed by atoms with Gasteiger partial charge < -0.3 is 4.90 Å². The molecule has 0 radical (unpaired) electrons. The highest BCUT2D eigenvalue weighted by Gasteiger charge is 2.28. The summed E-state index contributed by atoms with van der Waals surface area (Å²) < 4.78 is 0. The predicted molar refractivity (Wildman–Crippen MR) is 76.4 cm³/mol. The van der Waals surface area contributed by atoms with Crippen molar-refractivity contribution in [3.63, 3.8) is 0 Å². The summed E-state index contributed by atoms with van der Waals surface area (Å²) >= 11 is 0. The average Bonchev–Trinajstić information content (AvgIpc) is 2.53. The summed E-state index contributed by atoms with van der Waals surface area (Å²) in [7, 11) is 0. The van der Waals surface area contributed by atoms with Gasteiger partial charge >= 0.3 is 0 Å². The van der Waals surface area contributed by atoms with Crippen LogP contribution < -0.4 is 5.32 Å². The SMILES string of the molecule is CCC1CCCN(CC(C)(C#N)NC(C)C)CC1. The molecule has 0 aromatic carbocycles. The van der Waals surface area contributed by atoms with E-state index in [1.54, 1.807) is 0 Å². The van der Waals surface area contributed by atoms with Crippen LogP contribution in [-0.2, 0) is 0 Å². The van der Waals surface area contributed by atoms with Crippen LogP contribution in [0.15, 0.2) is 0 Å². The summed E-state index contributed by atoms with van der Waals surface area (Å²) in [6.07, 6.45) is 5.23. The molecule has 0 bridgehead atoms. The Kier molecular flexibility index (Phi) is 6.11. The van der Waals surface area contributed by atoms with Crippen molar-refractivity contribution >= 4 is 0 Å². The minimum Gasteiger partial charge on any atom is -0.300 e. The van der Waals surface area contributed by atoms with Gasteiger partial charge in [0.25, 0.3) is 0 Å². The van der Waals surface area contributed by atoms with Gasteiger partial charge in [0.05, 0.1) is 6.07 Å². The largest absolute Gasteiger partial charge is 0.300 e. The summed E-state index contributed by atoms with van der Waals surface area (Å²) in [5.41, 5.74) is -0.416. The van der Waals surface area contributed by atoms with E-state index in [-0.39, 0.29) is 0 Å². The number of nitriles is 1. The fraction of sp³-hybridized carbons (Fsp3) is 0.933. The molecule has 1 N–H and O–H groups in total. The maximum absolute atomic E-state index is 9.39. The highest BCUT2D eigenvalue weighted by Crippen LogP contribution is 2.21. The van der Waals surface area contributed by atoms with Crippen molar-refractivity contribution in [3.8, 4) is 6.07 Å². The second kappa shape index (κ2) is 7.11. The number of hydrogen-bond donors (Lipinski definition) is 1. The standard InChI is InChI=1S/C15H29N3/c1-5-14-7-6-9-18(10-8-14)12-15(4,11-16)17-13(2)3/h13-14,17H,5-10,12H2,1-4H3. The molecule has 104 valence electrons. The molecular formula is C15H29N3. The Morgan fingerprint density at radius 2 is 2.11 bits per heavy atom. The Balaban J connectivity index is 2.52. The lowest BCUT2D eigenvalue weighted by Crippen LogP contribution is -2.53. The van der Waals surface area contributed by atoms with E-state index in [0.29, 0.717) is 6.04 Å². The molecular weight excluding hydrogens is 222 g/mol. The van der Waals surface area contributed by atoms with E-state index in [9.17, 15) is 5.26 Å². The zero-order valence-corrected chi connectivity index (χ0v) is 12.5. The number of nitrogens with one attached hydrogen (secondary N) is 1. The Bertz CT molecular complexity index is 282. The molecule has 0 spiro atoms. The van der Waals surface area contributed by atoms with Crippen LogP contribution in [-0.4, -0.2) is 36.1 Å². The van der Waals surface area contributed by atoms with E-state index < -0.39 is 5.54 Å². The van der Waals surface area contributed by atoms with Gasteiger partial charge in [-0.2, -0.15) is 5.26 Å². The first kappa shape index (κ1) is 15.5. The maximum atomic E-state index is 9.39. The molecule has 1 heterocycles. The fourth-order valence-corrected chi connectivity index (χ4v) is 2.99. The van der Waals surface area contributed by atoms with Gasteiger partial charge in [0.1, 0.15) is 5.54 Å². The zero-order valence-electron chi connectivity index (χ0n) is 12.5. The Labute approximate surface area is 113 Å². The minimum atomic E-state index is -0.416. The fourth-order valence-electron chi connectivity index (χ4n) is 2.99. The molecule has 3 heteroatoms.